The number of aromatic nitrogens is 1. The minimum atomic E-state index is -0.644. The van der Waals surface area contributed by atoms with Crippen LogP contribution in [0.3, 0.4) is 0 Å². The summed E-state index contributed by atoms with van der Waals surface area (Å²) in [4.78, 5) is 21.9. The molecule has 3 aromatic rings. The first-order valence-corrected chi connectivity index (χ1v) is 8.99. The van der Waals surface area contributed by atoms with Crippen LogP contribution >= 0.6 is 0 Å². The molecule has 1 unspecified atom stereocenters. The lowest BCUT2D eigenvalue weighted by Crippen LogP contribution is -2.28. The Kier molecular flexibility index (Phi) is 4.97. The van der Waals surface area contributed by atoms with E-state index in [9.17, 15) is 4.79 Å². The van der Waals surface area contributed by atoms with E-state index in [1.165, 1.54) is 0 Å². The standard InChI is InChI=1S/C23H19N3O2/c1-16(17-6-3-2-4-7-17)18-9-11-20(12-10-18)25-23(27)22-14-21(26-28-22)19-8-5-13-24-15-19/h2-13,15,22H,1,14H2,(H,25,27). The molecule has 1 N–H and O–H groups in total. The monoisotopic (exact) mass is 369 g/mol. The van der Waals surface area contributed by atoms with Crippen molar-refractivity contribution in [1.82, 2.24) is 4.98 Å². The molecule has 1 atom stereocenters. The predicted molar refractivity (Wildman–Crippen MR) is 110 cm³/mol. The quantitative estimate of drug-likeness (QED) is 0.730. The molecule has 5 nitrogen and oxygen atoms in total. The van der Waals surface area contributed by atoms with E-state index in [0.29, 0.717) is 12.1 Å². The molecule has 2 heterocycles. The Morgan fingerprint density at radius 2 is 1.75 bits per heavy atom. The predicted octanol–water partition coefficient (Wildman–Crippen LogP) is 4.27. The van der Waals surface area contributed by atoms with Gasteiger partial charge >= 0.3 is 0 Å². The number of anilines is 1. The molecule has 138 valence electrons. The van der Waals surface area contributed by atoms with Crippen molar-refractivity contribution < 1.29 is 9.63 Å². The summed E-state index contributed by atoms with van der Waals surface area (Å²) in [6.07, 6.45) is 3.18. The van der Waals surface area contributed by atoms with Gasteiger partial charge in [-0.1, -0.05) is 54.2 Å². The largest absolute Gasteiger partial charge is 0.382 e. The van der Waals surface area contributed by atoms with E-state index in [-0.39, 0.29) is 5.91 Å². The topological polar surface area (TPSA) is 63.6 Å². The first-order chi connectivity index (χ1) is 13.7. The van der Waals surface area contributed by atoms with Crippen LogP contribution in [0.5, 0.6) is 0 Å². The Bertz CT molecular complexity index is 1010. The molecule has 4 rings (SSSR count). The van der Waals surface area contributed by atoms with E-state index in [1.54, 1.807) is 12.4 Å². The summed E-state index contributed by atoms with van der Waals surface area (Å²) in [6, 6.07) is 21.3. The molecule has 0 fully saturated rings. The molecule has 5 heteroatoms. The first-order valence-electron chi connectivity index (χ1n) is 8.99. The molecular formula is C23H19N3O2. The summed E-state index contributed by atoms with van der Waals surface area (Å²) >= 11 is 0. The van der Waals surface area contributed by atoms with Crippen LogP contribution in [0.1, 0.15) is 23.1 Å². The van der Waals surface area contributed by atoms with Gasteiger partial charge < -0.3 is 10.2 Å². The second-order valence-corrected chi connectivity index (χ2v) is 6.49. The number of amides is 1. The zero-order valence-electron chi connectivity index (χ0n) is 15.2. The maximum atomic E-state index is 12.5. The Balaban J connectivity index is 1.37. The molecular weight excluding hydrogens is 350 g/mol. The van der Waals surface area contributed by atoms with Crippen LogP contribution in [0.15, 0.2) is 90.9 Å². The van der Waals surface area contributed by atoms with Crippen molar-refractivity contribution in [2.24, 2.45) is 5.16 Å². The summed E-state index contributed by atoms with van der Waals surface area (Å²) in [5, 5.41) is 6.90. The van der Waals surface area contributed by atoms with E-state index < -0.39 is 6.10 Å². The van der Waals surface area contributed by atoms with Crippen molar-refractivity contribution in [3.05, 3.63) is 102 Å². The number of oxime groups is 1. The van der Waals surface area contributed by atoms with Gasteiger partial charge in [0, 0.05) is 30.1 Å². The van der Waals surface area contributed by atoms with Gasteiger partial charge in [-0.3, -0.25) is 9.78 Å². The van der Waals surface area contributed by atoms with Crippen LogP contribution in [-0.4, -0.2) is 22.7 Å². The normalized spacial score (nSPS) is 15.4. The number of benzene rings is 2. The minimum Gasteiger partial charge on any atom is -0.382 e. The van der Waals surface area contributed by atoms with E-state index >= 15 is 0 Å². The third-order valence-electron chi connectivity index (χ3n) is 4.58. The summed E-state index contributed by atoms with van der Waals surface area (Å²) in [5.74, 6) is -0.225. The maximum absolute atomic E-state index is 12.5. The number of nitrogens with one attached hydrogen (secondary N) is 1. The van der Waals surface area contributed by atoms with Gasteiger partial charge in [0.2, 0.25) is 6.10 Å². The summed E-state index contributed by atoms with van der Waals surface area (Å²) < 4.78 is 0. The van der Waals surface area contributed by atoms with Crippen molar-refractivity contribution in [3.63, 3.8) is 0 Å². The number of rotatable bonds is 5. The fourth-order valence-corrected chi connectivity index (χ4v) is 3.01. The SMILES string of the molecule is C=C(c1ccccc1)c1ccc(NC(=O)C2CC(c3cccnc3)=NO2)cc1. The average molecular weight is 369 g/mol. The van der Waals surface area contributed by atoms with Gasteiger partial charge in [-0.2, -0.15) is 0 Å². The van der Waals surface area contributed by atoms with Gasteiger partial charge in [-0.15, -0.1) is 0 Å². The highest BCUT2D eigenvalue weighted by Crippen LogP contribution is 2.23. The lowest BCUT2D eigenvalue weighted by Gasteiger charge is -2.11. The van der Waals surface area contributed by atoms with E-state index in [1.807, 2.05) is 66.7 Å². The van der Waals surface area contributed by atoms with Crippen molar-refractivity contribution in [2.75, 3.05) is 5.32 Å². The molecule has 0 radical (unpaired) electrons. The van der Waals surface area contributed by atoms with Crippen molar-refractivity contribution >= 4 is 22.9 Å². The van der Waals surface area contributed by atoms with Crippen LogP contribution in [-0.2, 0) is 9.63 Å². The molecule has 0 saturated heterocycles. The molecule has 0 spiro atoms. The van der Waals surface area contributed by atoms with Crippen molar-refractivity contribution in [3.8, 4) is 0 Å². The number of hydrogen-bond acceptors (Lipinski definition) is 4. The lowest BCUT2D eigenvalue weighted by molar-refractivity contribution is -0.125. The molecule has 1 aliphatic heterocycles. The van der Waals surface area contributed by atoms with E-state index in [4.69, 9.17) is 4.84 Å². The van der Waals surface area contributed by atoms with Crippen LogP contribution in [0, 0.1) is 0 Å². The van der Waals surface area contributed by atoms with Gasteiger partial charge in [0.25, 0.3) is 5.91 Å². The third-order valence-corrected chi connectivity index (χ3v) is 4.58. The average Bonchev–Trinajstić information content (AvgIpc) is 3.26. The smallest absolute Gasteiger partial charge is 0.268 e. The van der Waals surface area contributed by atoms with Crippen molar-refractivity contribution in [1.29, 1.82) is 0 Å². The van der Waals surface area contributed by atoms with Crippen LogP contribution in [0.2, 0.25) is 0 Å². The highest BCUT2D eigenvalue weighted by Gasteiger charge is 2.29. The number of pyridine rings is 1. The van der Waals surface area contributed by atoms with Gasteiger partial charge in [-0.05, 0) is 41.0 Å². The molecule has 1 amide bonds. The van der Waals surface area contributed by atoms with Crippen LogP contribution in [0.4, 0.5) is 5.69 Å². The Morgan fingerprint density at radius 1 is 1.00 bits per heavy atom. The van der Waals surface area contributed by atoms with Gasteiger partial charge in [0.15, 0.2) is 0 Å². The van der Waals surface area contributed by atoms with Gasteiger partial charge in [-0.25, -0.2) is 0 Å². The first kappa shape index (κ1) is 17.7. The number of hydrogen-bond donors (Lipinski definition) is 1. The summed E-state index contributed by atoms with van der Waals surface area (Å²) in [7, 11) is 0. The van der Waals surface area contributed by atoms with Crippen LogP contribution < -0.4 is 5.32 Å². The zero-order chi connectivity index (χ0) is 19.3. The molecule has 0 saturated carbocycles. The Hall–Kier alpha value is -3.73. The molecule has 2 aromatic carbocycles. The molecule has 28 heavy (non-hydrogen) atoms. The lowest BCUT2D eigenvalue weighted by atomic mass is 9.99. The summed E-state index contributed by atoms with van der Waals surface area (Å²) in [6.45, 7) is 4.16. The molecule has 1 aromatic heterocycles. The molecule has 0 bridgehead atoms. The van der Waals surface area contributed by atoms with Crippen LogP contribution in [0.25, 0.3) is 5.57 Å². The number of carbonyl (C=O) groups excluding carboxylic acids is 1. The third kappa shape index (κ3) is 3.83. The number of carbonyl (C=O) groups is 1. The fourth-order valence-electron chi connectivity index (χ4n) is 3.01. The zero-order valence-corrected chi connectivity index (χ0v) is 15.2. The highest BCUT2D eigenvalue weighted by molar-refractivity contribution is 6.06. The minimum absolute atomic E-state index is 0.225. The second-order valence-electron chi connectivity index (χ2n) is 6.49. The Morgan fingerprint density at radius 3 is 2.46 bits per heavy atom. The van der Waals surface area contributed by atoms with Gasteiger partial charge in [0.1, 0.15) is 0 Å². The van der Waals surface area contributed by atoms with Crippen molar-refractivity contribution in [2.45, 2.75) is 12.5 Å². The van der Waals surface area contributed by atoms with Gasteiger partial charge in [0.05, 0.1) is 5.71 Å². The van der Waals surface area contributed by atoms with E-state index in [2.05, 4.69) is 22.0 Å². The maximum Gasteiger partial charge on any atom is 0.268 e. The van der Waals surface area contributed by atoms with E-state index in [0.717, 1.165) is 28.0 Å². The molecule has 1 aliphatic rings. The number of nitrogens with zero attached hydrogens (tertiary/aromatic N) is 2. The second kappa shape index (κ2) is 7.88. The fraction of sp³-hybridized carbons (Fsp3) is 0.0870. The summed E-state index contributed by atoms with van der Waals surface area (Å²) in [5.41, 5.74) is 5.30. The molecule has 0 aliphatic carbocycles. The highest BCUT2D eigenvalue weighted by atomic mass is 16.6. The Labute approximate surface area is 163 Å².